The molecule has 0 aromatic heterocycles. The van der Waals surface area contributed by atoms with E-state index in [9.17, 15) is 4.79 Å². The third-order valence-electron chi connectivity index (χ3n) is 2.19. The van der Waals surface area contributed by atoms with Crippen molar-refractivity contribution in [2.45, 2.75) is 6.42 Å². The normalized spacial score (nSPS) is 13.7. The molecule has 3 nitrogen and oxygen atoms in total. The molecule has 0 radical (unpaired) electrons. The van der Waals surface area contributed by atoms with Crippen LogP contribution in [-0.4, -0.2) is 12.5 Å². The molecular formula is C11H12ClNO2. The molecule has 2 rings (SSSR count). The maximum Gasteiger partial charge on any atom is 0.244 e. The molecule has 15 heavy (non-hydrogen) atoms. The lowest BCUT2D eigenvalue weighted by atomic mass is 10.1. The number of fused-ring (bicyclic) bond motifs is 1. The van der Waals surface area contributed by atoms with Gasteiger partial charge in [0.15, 0.2) is 0 Å². The van der Waals surface area contributed by atoms with Crippen LogP contribution in [0.2, 0.25) is 0 Å². The van der Waals surface area contributed by atoms with Gasteiger partial charge in [0.05, 0.1) is 6.61 Å². The molecule has 0 saturated carbocycles. The molecule has 0 unspecified atom stereocenters. The first-order valence-electron chi connectivity index (χ1n) is 4.49. The summed E-state index contributed by atoms with van der Waals surface area (Å²) in [5, 5.41) is 0. The first-order chi connectivity index (χ1) is 6.77. The number of hydrogen-bond donors (Lipinski definition) is 1. The van der Waals surface area contributed by atoms with Gasteiger partial charge < -0.3 is 10.5 Å². The van der Waals surface area contributed by atoms with Gasteiger partial charge >= 0.3 is 0 Å². The summed E-state index contributed by atoms with van der Waals surface area (Å²) in [7, 11) is 0. The zero-order chi connectivity index (χ0) is 9.97. The second-order valence-corrected chi connectivity index (χ2v) is 3.17. The molecule has 0 aliphatic carbocycles. The molecule has 0 fully saturated rings. The smallest absolute Gasteiger partial charge is 0.244 e. The Kier molecular flexibility index (Phi) is 3.74. The number of nitrogens with two attached hydrogens (primary N) is 1. The van der Waals surface area contributed by atoms with Gasteiger partial charge in [-0.25, -0.2) is 0 Å². The minimum Gasteiger partial charge on any atom is -0.493 e. The van der Waals surface area contributed by atoms with E-state index in [1.807, 2.05) is 24.3 Å². The molecule has 0 atom stereocenters. The Morgan fingerprint density at radius 1 is 1.33 bits per heavy atom. The van der Waals surface area contributed by atoms with E-state index >= 15 is 0 Å². The quantitative estimate of drug-likeness (QED) is 0.792. The minimum atomic E-state index is -0.370. The Morgan fingerprint density at radius 2 is 2.07 bits per heavy atom. The number of halogens is 1. The van der Waals surface area contributed by atoms with Crippen molar-refractivity contribution in [3.8, 4) is 5.75 Å². The van der Waals surface area contributed by atoms with Crippen molar-refractivity contribution < 1.29 is 9.53 Å². The molecule has 2 N–H and O–H groups in total. The minimum absolute atomic E-state index is 0. The molecule has 4 heteroatoms. The van der Waals surface area contributed by atoms with Crippen LogP contribution in [0.4, 0.5) is 0 Å². The molecule has 1 heterocycles. The van der Waals surface area contributed by atoms with Crippen molar-refractivity contribution in [1.82, 2.24) is 0 Å². The van der Waals surface area contributed by atoms with Crippen LogP contribution in [0, 0.1) is 0 Å². The van der Waals surface area contributed by atoms with Crippen LogP contribution in [-0.2, 0) is 4.79 Å². The van der Waals surface area contributed by atoms with Crippen molar-refractivity contribution in [2.24, 2.45) is 5.73 Å². The second-order valence-electron chi connectivity index (χ2n) is 3.17. The van der Waals surface area contributed by atoms with Crippen LogP contribution in [0.3, 0.4) is 0 Å². The highest BCUT2D eigenvalue weighted by Gasteiger charge is 2.11. The Labute approximate surface area is 94.3 Å². The van der Waals surface area contributed by atoms with E-state index in [1.54, 1.807) is 6.08 Å². The highest BCUT2D eigenvalue weighted by molar-refractivity contribution is 5.97. The number of rotatable bonds is 1. The Bertz CT molecular complexity index is 401. The van der Waals surface area contributed by atoms with Gasteiger partial charge in [0.2, 0.25) is 5.91 Å². The lowest BCUT2D eigenvalue weighted by molar-refractivity contribution is -0.114. The summed E-state index contributed by atoms with van der Waals surface area (Å²) in [5.74, 6) is 0.439. The number of primary amides is 1. The molecule has 1 amide bonds. The lowest BCUT2D eigenvalue weighted by Crippen LogP contribution is -2.14. The highest BCUT2D eigenvalue weighted by Crippen LogP contribution is 2.24. The van der Waals surface area contributed by atoms with Crippen LogP contribution in [0.1, 0.15) is 12.0 Å². The zero-order valence-electron chi connectivity index (χ0n) is 8.10. The van der Waals surface area contributed by atoms with Crippen LogP contribution >= 0.6 is 12.4 Å². The Morgan fingerprint density at radius 3 is 2.80 bits per heavy atom. The molecule has 0 spiro atoms. The van der Waals surface area contributed by atoms with Gasteiger partial charge in [0.1, 0.15) is 5.75 Å². The van der Waals surface area contributed by atoms with Crippen molar-refractivity contribution in [3.63, 3.8) is 0 Å². The fourth-order valence-corrected chi connectivity index (χ4v) is 1.46. The number of carbonyl (C=O) groups excluding carboxylic acids is 1. The van der Waals surface area contributed by atoms with Gasteiger partial charge in [-0.3, -0.25) is 4.79 Å². The largest absolute Gasteiger partial charge is 0.493 e. The Balaban J connectivity index is 0.00000112. The highest BCUT2D eigenvalue weighted by atomic mass is 35.5. The summed E-state index contributed by atoms with van der Waals surface area (Å²) in [5.41, 5.74) is 6.77. The maximum atomic E-state index is 11.0. The van der Waals surface area contributed by atoms with Gasteiger partial charge in [-0.15, -0.1) is 12.4 Å². The van der Waals surface area contributed by atoms with E-state index in [4.69, 9.17) is 10.5 Å². The van der Waals surface area contributed by atoms with Gasteiger partial charge in [-0.05, 0) is 12.1 Å². The number of amides is 1. The van der Waals surface area contributed by atoms with E-state index in [2.05, 4.69) is 0 Å². The number of hydrogen-bond acceptors (Lipinski definition) is 2. The van der Waals surface area contributed by atoms with E-state index < -0.39 is 0 Å². The van der Waals surface area contributed by atoms with Crippen molar-refractivity contribution in [3.05, 3.63) is 35.4 Å². The van der Waals surface area contributed by atoms with E-state index in [-0.39, 0.29) is 18.3 Å². The third-order valence-corrected chi connectivity index (χ3v) is 2.19. The molecule has 1 aliphatic rings. The molecule has 1 aliphatic heterocycles. The molecular weight excluding hydrogens is 214 g/mol. The summed E-state index contributed by atoms with van der Waals surface area (Å²) >= 11 is 0. The van der Waals surface area contributed by atoms with Crippen LogP contribution < -0.4 is 10.5 Å². The Hall–Kier alpha value is -1.48. The fourth-order valence-electron chi connectivity index (χ4n) is 1.46. The molecule has 0 bridgehead atoms. The number of ether oxygens (including phenoxy) is 1. The summed E-state index contributed by atoms with van der Waals surface area (Å²) in [4.78, 5) is 11.0. The number of para-hydroxylation sites is 1. The standard InChI is InChI=1S/C11H11NO2.ClH/c12-11(13)9-5-6-14-10-4-2-1-3-8(10)7-9;/h1-4,7H,5-6H2,(H2,12,13);1H. The molecule has 1 aromatic rings. The topological polar surface area (TPSA) is 52.3 Å². The van der Waals surface area contributed by atoms with Crippen LogP contribution in [0.5, 0.6) is 5.75 Å². The SMILES string of the molecule is Cl.NC(=O)C1=Cc2ccccc2OCC1. The lowest BCUT2D eigenvalue weighted by Gasteiger charge is -2.03. The van der Waals surface area contributed by atoms with Gasteiger partial charge in [0, 0.05) is 17.6 Å². The van der Waals surface area contributed by atoms with Gasteiger partial charge in [-0.1, -0.05) is 18.2 Å². The first kappa shape index (κ1) is 11.6. The summed E-state index contributed by atoms with van der Waals surface area (Å²) < 4.78 is 5.47. The number of carbonyl (C=O) groups is 1. The predicted molar refractivity (Wildman–Crippen MR) is 61.0 cm³/mol. The van der Waals surface area contributed by atoms with E-state index in [0.29, 0.717) is 18.6 Å². The fraction of sp³-hybridized carbons (Fsp3) is 0.182. The zero-order valence-corrected chi connectivity index (χ0v) is 8.92. The predicted octanol–water partition coefficient (Wildman–Crippen LogP) is 1.76. The van der Waals surface area contributed by atoms with Gasteiger partial charge in [-0.2, -0.15) is 0 Å². The molecule has 0 saturated heterocycles. The van der Waals surface area contributed by atoms with Crippen molar-refractivity contribution >= 4 is 24.4 Å². The van der Waals surface area contributed by atoms with Crippen LogP contribution in [0.25, 0.3) is 6.08 Å². The monoisotopic (exact) mass is 225 g/mol. The summed E-state index contributed by atoms with van der Waals surface area (Å²) in [6.07, 6.45) is 2.37. The maximum absolute atomic E-state index is 11.0. The van der Waals surface area contributed by atoms with Crippen molar-refractivity contribution in [1.29, 1.82) is 0 Å². The average Bonchev–Trinajstić information content (AvgIpc) is 2.39. The van der Waals surface area contributed by atoms with Crippen molar-refractivity contribution in [2.75, 3.05) is 6.61 Å². The first-order valence-corrected chi connectivity index (χ1v) is 4.49. The second kappa shape index (κ2) is 4.84. The molecule has 1 aromatic carbocycles. The summed E-state index contributed by atoms with van der Waals surface area (Å²) in [6.45, 7) is 0.506. The van der Waals surface area contributed by atoms with E-state index in [1.165, 1.54) is 0 Å². The summed E-state index contributed by atoms with van der Waals surface area (Å²) in [6, 6.07) is 7.60. The third kappa shape index (κ3) is 2.50. The molecule has 80 valence electrons. The van der Waals surface area contributed by atoms with Crippen LogP contribution in [0.15, 0.2) is 29.8 Å². The average molecular weight is 226 g/mol. The number of benzene rings is 1. The van der Waals surface area contributed by atoms with Gasteiger partial charge in [0.25, 0.3) is 0 Å². The van der Waals surface area contributed by atoms with E-state index in [0.717, 1.165) is 11.3 Å².